The lowest BCUT2D eigenvalue weighted by molar-refractivity contribution is -0.116. The van der Waals surface area contributed by atoms with Crippen LogP contribution in [0.5, 0.6) is 23.0 Å². The average molecular weight is 880 g/mol. The molecular weight excluding hydrogens is 827 g/mol. The molecule has 0 saturated heterocycles. The molecule has 5 aromatic rings. The van der Waals surface area contributed by atoms with Gasteiger partial charge in [-0.3, -0.25) is 24.3 Å². The molecule has 13 heteroatoms. The summed E-state index contributed by atoms with van der Waals surface area (Å²) in [5, 5.41) is 7.07. The fourth-order valence-corrected chi connectivity index (χ4v) is 10.8. The topological polar surface area (TPSA) is 131 Å². The summed E-state index contributed by atoms with van der Waals surface area (Å²) in [5.74, 6) is 1.39. The molecule has 64 heavy (non-hydrogen) atoms. The van der Waals surface area contributed by atoms with Crippen molar-refractivity contribution < 1.29 is 33.3 Å². The predicted octanol–water partition coefficient (Wildman–Crippen LogP) is 9.79. The second kappa shape index (κ2) is 17.6. The van der Waals surface area contributed by atoms with Crippen LogP contribution >= 0.6 is 11.8 Å². The lowest BCUT2D eigenvalue weighted by Crippen LogP contribution is -2.39. The van der Waals surface area contributed by atoms with Crippen molar-refractivity contribution in [3.63, 3.8) is 0 Å². The molecule has 330 valence electrons. The van der Waals surface area contributed by atoms with Gasteiger partial charge in [0.05, 0.1) is 48.8 Å². The number of methoxy groups -OCH3 is 2. The molecule has 0 spiro atoms. The van der Waals surface area contributed by atoms with E-state index < -0.39 is 0 Å². The molecule has 4 aliphatic heterocycles. The van der Waals surface area contributed by atoms with Gasteiger partial charge in [0.1, 0.15) is 13.2 Å². The monoisotopic (exact) mass is 879 g/mol. The first-order chi connectivity index (χ1) is 30.9. The van der Waals surface area contributed by atoms with Gasteiger partial charge in [-0.15, -0.1) is 0 Å². The van der Waals surface area contributed by atoms with Crippen molar-refractivity contribution in [2.45, 2.75) is 88.7 Å². The number of anilines is 4. The van der Waals surface area contributed by atoms with Crippen LogP contribution in [0.2, 0.25) is 0 Å². The zero-order chi connectivity index (χ0) is 44.7. The molecule has 3 amide bonds. The van der Waals surface area contributed by atoms with Crippen LogP contribution in [0.25, 0.3) is 0 Å². The van der Waals surface area contributed by atoms with Crippen LogP contribution in [0.15, 0.2) is 96.0 Å². The number of hydrogen-bond acceptors (Lipinski definition) is 10. The number of carbonyl (C=O) groups excluding carboxylic acids is 3. The highest BCUT2D eigenvalue weighted by Gasteiger charge is 2.39. The van der Waals surface area contributed by atoms with Gasteiger partial charge in [0.15, 0.2) is 23.0 Å². The average Bonchev–Trinajstić information content (AvgIpc) is 3.77. The number of carbonyl (C=O) groups is 3. The summed E-state index contributed by atoms with van der Waals surface area (Å²) in [6.07, 6.45) is 4.37. The van der Waals surface area contributed by atoms with Crippen molar-refractivity contribution in [2.75, 3.05) is 41.2 Å². The van der Waals surface area contributed by atoms with E-state index >= 15 is 0 Å². The standard InChI is InChI=1S/C51H53N5O7S/c1-30(2)64-51(3,4)16-15-48(57)54-35-18-31(28-62-46-24-40-38(22-44(46)60-5)49(58)55-36(26-52-40)20-33-11-7-9-13-42(33)55)17-32(19-35)29-63-47-25-41-39(23-45(47)61-6)50(59)56-37(27-53-41)21-34-12-8-10-14-43(34)56/h7-14,17-19,22-26,30,36-37,53H,15-16,20-21,27-29H2,1-6H3,(H,54,57)/t36-,37-/m0/s1. The number of ether oxygens (including phenoxy) is 4. The van der Waals surface area contributed by atoms with Gasteiger partial charge in [0.2, 0.25) is 5.91 Å². The summed E-state index contributed by atoms with van der Waals surface area (Å²) in [5.41, 5.74) is 8.35. The van der Waals surface area contributed by atoms with E-state index in [-0.39, 0.29) is 47.8 Å². The highest BCUT2D eigenvalue weighted by Crippen LogP contribution is 2.43. The summed E-state index contributed by atoms with van der Waals surface area (Å²) in [6.45, 7) is 9.49. The molecular formula is C51H53N5O7S. The third-order valence-corrected chi connectivity index (χ3v) is 13.4. The first-order valence-corrected chi connectivity index (χ1v) is 22.7. The molecule has 0 aliphatic carbocycles. The normalized spacial score (nSPS) is 17.0. The maximum absolute atomic E-state index is 14.0. The zero-order valence-corrected chi connectivity index (χ0v) is 37.8. The Kier molecular flexibility index (Phi) is 11.8. The molecule has 0 saturated carbocycles. The number of nitrogens with one attached hydrogen (secondary N) is 2. The third kappa shape index (κ3) is 8.60. The van der Waals surface area contributed by atoms with Crippen molar-refractivity contribution in [3.8, 4) is 23.0 Å². The van der Waals surface area contributed by atoms with Crippen molar-refractivity contribution >= 4 is 64.1 Å². The number of nitrogens with zero attached hydrogens (tertiary/aromatic N) is 3. The molecule has 9 rings (SSSR count). The number of fused-ring (bicyclic) bond motifs is 8. The van der Waals surface area contributed by atoms with Crippen LogP contribution in [-0.2, 0) is 30.8 Å². The predicted molar refractivity (Wildman–Crippen MR) is 254 cm³/mol. The lowest BCUT2D eigenvalue weighted by Gasteiger charge is -2.26. The van der Waals surface area contributed by atoms with Crippen LogP contribution in [0.1, 0.15) is 83.5 Å². The van der Waals surface area contributed by atoms with Crippen molar-refractivity contribution in [1.82, 2.24) is 0 Å². The Labute approximate surface area is 378 Å². The molecule has 12 nitrogen and oxygen atoms in total. The van der Waals surface area contributed by atoms with E-state index in [1.807, 2.05) is 89.6 Å². The van der Waals surface area contributed by atoms with Gasteiger partial charge >= 0.3 is 0 Å². The first kappa shape index (κ1) is 42.8. The Bertz CT molecular complexity index is 2680. The summed E-state index contributed by atoms with van der Waals surface area (Å²) in [6, 6.07) is 28.5. The lowest BCUT2D eigenvalue weighted by atomic mass is 10.1. The Morgan fingerprint density at radius 1 is 0.797 bits per heavy atom. The molecule has 4 heterocycles. The van der Waals surface area contributed by atoms with Crippen molar-refractivity contribution in [1.29, 1.82) is 0 Å². The number of hydrogen-bond donors (Lipinski definition) is 2. The summed E-state index contributed by atoms with van der Waals surface area (Å²) in [7, 11) is 3.11. The van der Waals surface area contributed by atoms with Crippen LogP contribution in [0.3, 0.4) is 0 Å². The molecule has 0 radical (unpaired) electrons. The largest absolute Gasteiger partial charge is 0.493 e. The van der Waals surface area contributed by atoms with Gasteiger partial charge in [-0.2, -0.15) is 11.8 Å². The van der Waals surface area contributed by atoms with E-state index in [9.17, 15) is 14.4 Å². The molecule has 4 aliphatic rings. The Balaban J connectivity index is 0.967. The minimum Gasteiger partial charge on any atom is -0.493 e. The summed E-state index contributed by atoms with van der Waals surface area (Å²) in [4.78, 5) is 50.0. The maximum atomic E-state index is 14.0. The minimum absolute atomic E-state index is 0.0110. The molecule has 0 bridgehead atoms. The van der Waals surface area contributed by atoms with Crippen molar-refractivity contribution in [3.05, 3.63) is 124 Å². The van der Waals surface area contributed by atoms with Gasteiger partial charge < -0.3 is 34.5 Å². The van der Waals surface area contributed by atoms with Gasteiger partial charge in [-0.25, -0.2) is 0 Å². The van der Waals surface area contributed by atoms with E-state index in [2.05, 4.69) is 44.4 Å². The maximum Gasteiger partial charge on any atom is 0.261 e. The van der Waals surface area contributed by atoms with E-state index in [1.165, 1.54) is 0 Å². The fourth-order valence-electron chi connectivity index (χ4n) is 9.26. The number of thioether (sulfide) groups is 1. The SMILES string of the molecule is COc1cc2c(cc1OCc1cc(COc3cc4c(cc3OC)C(=O)N3c5ccccc5C[C@H]3CN4)cc(NC(=O)CCC(C)(C)SC(C)C)c1)N=C[C@@H]1Cc3ccccc3N1C2=O. The van der Waals surface area contributed by atoms with E-state index in [1.54, 1.807) is 37.3 Å². The molecule has 2 N–H and O–H groups in total. The molecule has 0 fully saturated rings. The molecule has 5 aromatic carbocycles. The van der Waals surface area contributed by atoms with Gasteiger partial charge in [0, 0.05) is 59.5 Å². The highest BCUT2D eigenvalue weighted by molar-refractivity contribution is 8.01. The van der Waals surface area contributed by atoms with Crippen LogP contribution in [0, 0.1) is 0 Å². The number of rotatable bonds is 14. The molecule has 0 unspecified atom stereocenters. The van der Waals surface area contributed by atoms with E-state index in [4.69, 9.17) is 23.9 Å². The van der Waals surface area contributed by atoms with Crippen LogP contribution in [-0.4, -0.2) is 66.8 Å². The third-order valence-electron chi connectivity index (χ3n) is 12.1. The van der Waals surface area contributed by atoms with E-state index in [0.717, 1.165) is 40.0 Å². The molecule has 2 atom stereocenters. The van der Waals surface area contributed by atoms with E-state index in [0.29, 0.717) is 82.2 Å². The Morgan fingerprint density at radius 2 is 1.41 bits per heavy atom. The number of aliphatic imine (C=N–C) groups is 1. The number of amides is 3. The first-order valence-electron chi connectivity index (χ1n) is 21.8. The summed E-state index contributed by atoms with van der Waals surface area (Å²) >= 11 is 1.86. The van der Waals surface area contributed by atoms with Gasteiger partial charge in [-0.1, -0.05) is 64.1 Å². The highest BCUT2D eigenvalue weighted by atomic mass is 32.2. The number of benzene rings is 5. The quantitative estimate of drug-likeness (QED) is 0.112. The fraction of sp³-hybridized carbons (Fsp3) is 0.333. The van der Waals surface area contributed by atoms with Crippen LogP contribution in [0.4, 0.5) is 28.4 Å². The molecule has 0 aromatic heterocycles. The zero-order valence-electron chi connectivity index (χ0n) is 37.0. The smallest absolute Gasteiger partial charge is 0.261 e. The van der Waals surface area contributed by atoms with Gasteiger partial charge in [-0.05, 0) is 82.8 Å². The second-order valence-electron chi connectivity index (χ2n) is 17.6. The van der Waals surface area contributed by atoms with Crippen molar-refractivity contribution in [2.24, 2.45) is 4.99 Å². The van der Waals surface area contributed by atoms with Gasteiger partial charge in [0.25, 0.3) is 11.8 Å². The number of para-hydroxylation sites is 2. The second-order valence-corrected chi connectivity index (χ2v) is 19.8. The minimum atomic E-state index is -0.188. The summed E-state index contributed by atoms with van der Waals surface area (Å²) < 4.78 is 24.4. The Morgan fingerprint density at radius 3 is 2.08 bits per heavy atom. The Hall–Kier alpha value is -6.47. The van der Waals surface area contributed by atoms with Crippen LogP contribution < -0.4 is 39.4 Å².